The molecule has 1 aliphatic rings. The molecule has 0 aromatic carbocycles. The van der Waals surface area contributed by atoms with Crippen molar-refractivity contribution in [1.29, 1.82) is 0 Å². The average Bonchev–Trinajstić information content (AvgIpc) is 2.36. The maximum atomic E-state index is 6.12. The van der Waals surface area contributed by atoms with Crippen molar-refractivity contribution in [1.82, 2.24) is 0 Å². The van der Waals surface area contributed by atoms with Crippen LogP contribution in [0.3, 0.4) is 0 Å². The van der Waals surface area contributed by atoms with Gasteiger partial charge in [0, 0.05) is 0 Å². The van der Waals surface area contributed by atoms with Crippen LogP contribution in [-0.4, -0.2) is 6.54 Å². The van der Waals surface area contributed by atoms with E-state index in [4.69, 9.17) is 5.73 Å². The third-order valence-corrected chi connectivity index (χ3v) is 5.34. The number of hydrogen-bond acceptors (Lipinski definition) is 1. The second kappa shape index (κ2) is 6.78. The van der Waals surface area contributed by atoms with Gasteiger partial charge in [-0.3, -0.25) is 0 Å². The van der Waals surface area contributed by atoms with E-state index in [1.807, 2.05) is 0 Å². The van der Waals surface area contributed by atoms with E-state index in [2.05, 4.69) is 27.7 Å². The molecule has 0 spiro atoms. The minimum atomic E-state index is 0.488. The Kier molecular flexibility index (Phi) is 5.99. The minimum absolute atomic E-state index is 0.488. The van der Waals surface area contributed by atoms with E-state index in [1.54, 1.807) is 0 Å². The average molecular weight is 239 g/mol. The molecule has 0 unspecified atom stereocenters. The van der Waals surface area contributed by atoms with E-state index in [0.29, 0.717) is 5.41 Å². The molecular formula is C16H33N. The summed E-state index contributed by atoms with van der Waals surface area (Å²) >= 11 is 0. The summed E-state index contributed by atoms with van der Waals surface area (Å²) in [6, 6.07) is 0. The fourth-order valence-corrected chi connectivity index (χ4v) is 3.60. The fraction of sp³-hybridized carbons (Fsp3) is 1.00. The summed E-state index contributed by atoms with van der Waals surface area (Å²) in [7, 11) is 0. The first-order valence-corrected chi connectivity index (χ1v) is 7.77. The predicted molar refractivity (Wildman–Crippen MR) is 77.0 cm³/mol. The van der Waals surface area contributed by atoms with Crippen molar-refractivity contribution in [3.63, 3.8) is 0 Å². The summed E-state index contributed by atoms with van der Waals surface area (Å²) in [5.41, 5.74) is 6.61. The van der Waals surface area contributed by atoms with Crippen LogP contribution >= 0.6 is 0 Å². The van der Waals surface area contributed by atoms with Crippen LogP contribution in [0.5, 0.6) is 0 Å². The van der Waals surface area contributed by atoms with Crippen LogP contribution in [0.4, 0.5) is 0 Å². The molecule has 1 heteroatoms. The summed E-state index contributed by atoms with van der Waals surface area (Å²) < 4.78 is 0. The lowest BCUT2D eigenvalue weighted by Gasteiger charge is -2.42. The van der Waals surface area contributed by atoms with E-state index in [9.17, 15) is 0 Å². The second-order valence-corrected chi connectivity index (χ2v) is 6.67. The Hall–Kier alpha value is -0.0400. The molecule has 0 radical (unpaired) electrons. The maximum Gasteiger partial charge on any atom is -0.00204 e. The van der Waals surface area contributed by atoms with Crippen LogP contribution in [0.1, 0.15) is 72.6 Å². The van der Waals surface area contributed by atoms with Gasteiger partial charge in [-0.05, 0) is 61.8 Å². The zero-order valence-electron chi connectivity index (χ0n) is 12.5. The topological polar surface area (TPSA) is 26.0 Å². The molecule has 17 heavy (non-hydrogen) atoms. The molecule has 0 heterocycles. The van der Waals surface area contributed by atoms with Gasteiger partial charge in [0.1, 0.15) is 0 Å². The van der Waals surface area contributed by atoms with E-state index in [0.717, 1.165) is 24.3 Å². The van der Waals surface area contributed by atoms with Crippen molar-refractivity contribution in [3.8, 4) is 0 Å². The minimum Gasteiger partial charge on any atom is -0.330 e. The Labute approximate surface area is 109 Å². The van der Waals surface area contributed by atoms with Gasteiger partial charge in [-0.25, -0.2) is 0 Å². The lowest BCUT2D eigenvalue weighted by molar-refractivity contribution is 0.101. The lowest BCUT2D eigenvalue weighted by Crippen LogP contribution is -2.37. The highest BCUT2D eigenvalue weighted by Crippen LogP contribution is 2.45. The summed E-state index contributed by atoms with van der Waals surface area (Å²) in [5.74, 6) is 2.71. The molecule has 0 bridgehead atoms. The van der Waals surface area contributed by atoms with Gasteiger partial charge in [0.05, 0.1) is 0 Å². The zero-order chi connectivity index (χ0) is 12.9. The smallest absolute Gasteiger partial charge is 0.00204 e. The fourth-order valence-electron chi connectivity index (χ4n) is 3.60. The van der Waals surface area contributed by atoms with E-state index < -0.39 is 0 Å². The highest BCUT2D eigenvalue weighted by atomic mass is 14.6. The highest BCUT2D eigenvalue weighted by Gasteiger charge is 2.36. The van der Waals surface area contributed by atoms with Crippen LogP contribution in [0, 0.1) is 23.2 Å². The monoisotopic (exact) mass is 239 g/mol. The van der Waals surface area contributed by atoms with Crippen molar-refractivity contribution in [3.05, 3.63) is 0 Å². The van der Waals surface area contributed by atoms with Crippen molar-refractivity contribution < 1.29 is 0 Å². The van der Waals surface area contributed by atoms with Crippen LogP contribution in [0.15, 0.2) is 0 Å². The summed E-state index contributed by atoms with van der Waals surface area (Å²) in [5, 5.41) is 0. The van der Waals surface area contributed by atoms with Gasteiger partial charge in [-0.15, -0.1) is 0 Å². The largest absolute Gasteiger partial charge is 0.330 e. The molecule has 1 aliphatic carbocycles. The Morgan fingerprint density at radius 2 is 1.65 bits per heavy atom. The molecule has 1 rings (SSSR count). The van der Waals surface area contributed by atoms with Crippen LogP contribution in [-0.2, 0) is 0 Å². The van der Waals surface area contributed by atoms with Crippen LogP contribution in [0.25, 0.3) is 0 Å². The number of rotatable bonds is 6. The zero-order valence-corrected chi connectivity index (χ0v) is 12.5. The van der Waals surface area contributed by atoms with Gasteiger partial charge in [0.25, 0.3) is 0 Å². The predicted octanol–water partition coefficient (Wildman–Crippen LogP) is 4.60. The van der Waals surface area contributed by atoms with Gasteiger partial charge in [0.2, 0.25) is 0 Å². The van der Waals surface area contributed by atoms with E-state index >= 15 is 0 Å². The molecule has 0 aliphatic heterocycles. The molecule has 0 aromatic rings. The molecular weight excluding hydrogens is 206 g/mol. The Morgan fingerprint density at radius 1 is 1.12 bits per heavy atom. The Morgan fingerprint density at radius 3 is 2.00 bits per heavy atom. The third-order valence-electron chi connectivity index (χ3n) is 5.34. The van der Waals surface area contributed by atoms with Crippen molar-refractivity contribution in [2.75, 3.05) is 6.54 Å². The first-order valence-electron chi connectivity index (χ1n) is 7.77. The normalized spacial score (nSPS) is 30.2. The molecule has 0 saturated heterocycles. The molecule has 0 aromatic heterocycles. The molecule has 0 atom stereocenters. The van der Waals surface area contributed by atoms with Crippen molar-refractivity contribution in [2.45, 2.75) is 72.6 Å². The summed E-state index contributed by atoms with van der Waals surface area (Å²) in [6.45, 7) is 10.3. The van der Waals surface area contributed by atoms with E-state index in [1.165, 1.54) is 44.9 Å². The first-order chi connectivity index (χ1) is 8.06. The number of hydrogen-bond donors (Lipinski definition) is 1. The van der Waals surface area contributed by atoms with Crippen molar-refractivity contribution in [2.24, 2.45) is 28.9 Å². The van der Waals surface area contributed by atoms with Crippen LogP contribution < -0.4 is 5.73 Å². The maximum absolute atomic E-state index is 6.12. The van der Waals surface area contributed by atoms with Crippen molar-refractivity contribution >= 4 is 0 Å². The molecule has 1 fully saturated rings. The van der Waals surface area contributed by atoms with E-state index in [-0.39, 0.29) is 0 Å². The third kappa shape index (κ3) is 3.98. The highest BCUT2D eigenvalue weighted by molar-refractivity contribution is 4.88. The van der Waals surface area contributed by atoms with Gasteiger partial charge in [0.15, 0.2) is 0 Å². The standard InChI is InChI=1S/C16H33N/c1-5-14(6-2)11-16(12-17)9-7-15(8-10-16)13(3)4/h13-15H,5-12,17H2,1-4H3. The van der Waals surface area contributed by atoms with Gasteiger partial charge < -0.3 is 5.73 Å². The molecule has 102 valence electrons. The van der Waals surface area contributed by atoms with Gasteiger partial charge >= 0.3 is 0 Å². The molecule has 1 nitrogen and oxygen atoms in total. The summed E-state index contributed by atoms with van der Waals surface area (Å²) in [4.78, 5) is 0. The molecule has 0 amide bonds. The number of nitrogens with two attached hydrogens (primary N) is 1. The SMILES string of the molecule is CCC(CC)CC1(CN)CCC(C(C)C)CC1. The van der Waals surface area contributed by atoms with Gasteiger partial charge in [-0.2, -0.15) is 0 Å². The molecule has 1 saturated carbocycles. The lowest BCUT2D eigenvalue weighted by atomic mass is 9.64. The Balaban J connectivity index is 2.54. The Bertz CT molecular complexity index is 198. The summed E-state index contributed by atoms with van der Waals surface area (Å²) in [6.07, 6.45) is 9.61. The van der Waals surface area contributed by atoms with Crippen LogP contribution in [0.2, 0.25) is 0 Å². The van der Waals surface area contributed by atoms with Gasteiger partial charge in [-0.1, -0.05) is 40.5 Å². The quantitative estimate of drug-likeness (QED) is 0.720. The first kappa shape index (κ1) is 15.0. The molecule has 2 N–H and O–H groups in total. The second-order valence-electron chi connectivity index (χ2n) is 6.67.